The number of hydrogen-bond acceptors (Lipinski definition) is 6. The van der Waals surface area contributed by atoms with E-state index >= 15 is 0 Å². The van der Waals surface area contributed by atoms with Crippen LogP contribution >= 0.6 is 45.9 Å². The lowest BCUT2D eigenvalue weighted by molar-refractivity contribution is 0.102. The van der Waals surface area contributed by atoms with Gasteiger partial charge in [-0.3, -0.25) is 10.1 Å². The zero-order valence-corrected chi connectivity index (χ0v) is 15.9. The molecule has 1 amide bonds. The van der Waals surface area contributed by atoms with Crippen LogP contribution in [-0.4, -0.2) is 30.0 Å². The van der Waals surface area contributed by atoms with Crippen LogP contribution in [-0.2, 0) is 0 Å². The quantitative estimate of drug-likeness (QED) is 0.679. The standard InChI is InChI=1S/C15H12Cl2N4OS2/c1-21(2)12-4-3-8(6-18-12)14(22)20-15-19-10(7-23-15)9-5-11(16)24-13(9)17/h3-7H,1-2H3,(H,19,20,22). The van der Waals surface area contributed by atoms with Crippen LogP contribution in [0.25, 0.3) is 11.3 Å². The predicted molar refractivity (Wildman–Crippen MR) is 102 cm³/mol. The highest BCUT2D eigenvalue weighted by Crippen LogP contribution is 2.39. The molecule has 0 saturated heterocycles. The Balaban J connectivity index is 1.74. The van der Waals surface area contributed by atoms with Crippen molar-refractivity contribution in [2.45, 2.75) is 0 Å². The first-order valence-corrected chi connectivity index (χ1v) is 9.24. The third-order valence-electron chi connectivity index (χ3n) is 3.13. The summed E-state index contributed by atoms with van der Waals surface area (Å²) in [5, 5.41) is 5.08. The molecule has 3 aromatic rings. The first-order chi connectivity index (χ1) is 11.4. The van der Waals surface area contributed by atoms with Crippen LogP contribution in [0.2, 0.25) is 8.67 Å². The van der Waals surface area contributed by atoms with Gasteiger partial charge in [0, 0.05) is 31.2 Å². The SMILES string of the molecule is CN(C)c1ccc(C(=O)Nc2nc(-c3cc(Cl)sc3Cl)cs2)cn1. The molecular formula is C15H12Cl2N4OS2. The van der Waals surface area contributed by atoms with Crippen molar-refractivity contribution < 1.29 is 4.79 Å². The number of thiophene rings is 1. The van der Waals surface area contributed by atoms with Gasteiger partial charge in [0.05, 0.1) is 15.6 Å². The summed E-state index contributed by atoms with van der Waals surface area (Å²) in [7, 11) is 3.78. The van der Waals surface area contributed by atoms with Crippen LogP contribution in [0.15, 0.2) is 29.8 Å². The van der Waals surface area contributed by atoms with Gasteiger partial charge in [-0.1, -0.05) is 23.2 Å². The summed E-state index contributed by atoms with van der Waals surface area (Å²) in [5.41, 5.74) is 1.92. The molecule has 3 rings (SSSR count). The van der Waals surface area contributed by atoms with Gasteiger partial charge in [-0.2, -0.15) is 0 Å². The number of nitrogens with one attached hydrogen (secondary N) is 1. The third-order valence-corrected chi connectivity index (χ3v) is 5.37. The number of nitrogens with zero attached hydrogens (tertiary/aromatic N) is 3. The van der Waals surface area contributed by atoms with Gasteiger partial charge in [-0.05, 0) is 18.2 Å². The number of amides is 1. The smallest absolute Gasteiger partial charge is 0.259 e. The van der Waals surface area contributed by atoms with E-state index in [1.165, 1.54) is 28.9 Å². The van der Waals surface area contributed by atoms with E-state index in [2.05, 4.69) is 15.3 Å². The molecule has 9 heteroatoms. The minimum absolute atomic E-state index is 0.261. The van der Waals surface area contributed by atoms with E-state index in [-0.39, 0.29) is 5.91 Å². The van der Waals surface area contributed by atoms with Crippen LogP contribution in [0.1, 0.15) is 10.4 Å². The fraction of sp³-hybridized carbons (Fsp3) is 0.133. The second kappa shape index (κ2) is 7.06. The molecule has 1 N–H and O–H groups in total. The molecule has 0 aliphatic heterocycles. The molecule has 0 unspecified atom stereocenters. The first-order valence-electron chi connectivity index (χ1n) is 6.79. The molecule has 3 aromatic heterocycles. The summed E-state index contributed by atoms with van der Waals surface area (Å²) in [6.45, 7) is 0. The zero-order chi connectivity index (χ0) is 17.3. The molecule has 0 radical (unpaired) electrons. The maximum Gasteiger partial charge on any atom is 0.259 e. The monoisotopic (exact) mass is 398 g/mol. The molecule has 0 fully saturated rings. The van der Waals surface area contributed by atoms with Gasteiger partial charge in [0.25, 0.3) is 5.91 Å². The molecule has 0 spiro atoms. The van der Waals surface area contributed by atoms with Crippen LogP contribution in [0, 0.1) is 0 Å². The van der Waals surface area contributed by atoms with Gasteiger partial charge in [-0.25, -0.2) is 9.97 Å². The molecule has 124 valence electrons. The average Bonchev–Trinajstić information content (AvgIpc) is 3.13. The molecule has 24 heavy (non-hydrogen) atoms. The van der Waals surface area contributed by atoms with Gasteiger partial charge in [0.1, 0.15) is 10.2 Å². The number of carbonyl (C=O) groups is 1. The minimum atomic E-state index is -0.261. The highest BCUT2D eigenvalue weighted by atomic mass is 35.5. The number of rotatable bonds is 4. The average molecular weight is 399 g/mol. The molecule has 0 aliphatic carbocycles. The first kappa shape index (κ1) is 17.2. The second-order valence-corrected chi connectivity index (χ2v) is 8.17. The Morgan fingerprint density at radius 1 is 1.29 bits per heavy atom. The molecule has 0 saturated carbocycles. The zero-order valence-electron chi connectivity index (χ0n) is 12.7. The number of thiazole rings is 1. The Morgan fingerprint density at radius 3 is 2.67 bits per heavy atom. The molecule has 0 atom stereocenters. The van der Waals surface area contributed by atoms with Gasteiger partial charge >= 0.3 is 0 Å². The number of anilines is 2. The van der Waals surface area contributed by atoms with E-state index in [0.717, 1.165) is 11.4 Å². The molecule has 3 heterocycles. The summed E-state index contributed by atoms with van der Waals surface area (Å²) in [6.07, 6.45) is 1.54. The lowest BCUT2D eigenvalue weighted by Crippen LogP contribution is -2.14. The fourth-order valence-electron chi connectivity index (χ4n) is 1.92. The number of carbonyl (C=O) groups excluding carboxylic acids is 1. The van der Waals surface area contributed by atoms with Crippen molar-refractivity contribution in [2.24, 2.45) is 0 Å². The Morgan fingerprint density at radius 2 is 2.08 bits per heavy atom. The second-order valence-electron chi connectivity index (χ2n) is 5.03. The highest BCUT2D eigenvalue weighted by Gasteiger charge is 2.14. The Hall–Kier alpha value is -1.67. The lowest BCUT2D eigenvalue weighted by atomic mass is 10.2. The Labute approximate surface area is 156 Å². The van der Waals surface area contributed by atoms with Crippen molar-refractivity contribution in [3.05, 3.63) is 44.0 Å². The van der Waals surface area contributed by atoms with Crippen molar-refractivity contribution in [1.29, 1.82) is 0 Å². The summed E-state index contributed by atoms with van der Waals surface area (Å²) in [6, 6.07) is 5.27. The normalized spacial score (nSPS) is 10.7. The summed E-state index contributed by atoms with van der Waals surface area (Å²) in [4.78, 5) is 22.7. The van der Waals surface area contributed by atoms with Crippen LogP contribution in [0.3, 0.4) is 0 Å². The number of pyridine rings is 1. The molecular weight excluding hydrogens is 387 g/mol. The Bertz CT molecular complexity index is 874. The van der Waals surface area contributed by atoms with E-state index in [0.29, 0.717) is 25.1 Å². The number of halogens is 2. The van der Waals surface area contributed by atoms with Crippen LogP contribution in [0.4, 0.5) is 10.9 Å². The summed E-state index contributed by atoms with van der Waals surface area (Å²) < 4.78 is 1.17. The minimum Gasteiger partial charge on any atom is -0.363 e. The van der Waals surface area contributed by atoms with Gasteiger partial charge < -0.3 is 4.90 Å². The highest BCUT2D eigenvalue weighted by molar-refractivity contribution is 7.20. The maximum atomic E-state index is 12.3. The van der Waals surface area contributed by atoms with Crippen molar-refractivity contribution in [3.8, 4) is 11.3 Å². The summed E-state index contributed by atoms with van der Waals surface area (Å²) in [5.74, 6) is 0.523. The molecule has 0 aromatic carbocycles. The maximum absolute atomic E-state index is 12.3. The fourth-order valence-corrected chi connectivity index (χ4v) is 4.11. The Kier molecular flexibility index (Phi) is 5.05. The predicted octanol–water partition coefficient (Wildman–Crippen LogP) is 4.89. The van der Waals surface area contributed by atoms with Gasteiger partial charge in [-0.15, -0.1) is 22.7 Å². The van der Waals surface area contributed by atoms with Gasteiger partial charge in [0.2, 0.25) is 0 Å². The molecule has 0 aliphatic rings. The van der Waals surface area contributed by atoms with Crippen LogP contribution in [0.5, 0.6) is 0 Å². The molecule has 0 bridgehead atoms. The van der Waals surface area contributed by atoms with E-state index in [1.54, 1.807) is 18.2 Å². The topological polar surface area (TPSA) is 58.1 Å². The van der Waals surface area contributed by atoms with Crippen LogP contribution < -0.4 is 10.2 Å². The lowest BCUT2D eigenvalue weighted by Gasteiger charge is -2.10. The summed E-state index contributed by atoms with van der Waals surface area (Å²) >= 11 is 14.7. The van der Waals surface area contributed by atoms with Crippen molar-refractivity contribution in [3.63, 3.8) is 0 Å². The number of aromatic nitrogens is 2. The third kappa shape index (κ3) is 3.70. The van der Waals surface area contributed by atoms with E-state index < -0.39 is 0 Å². The van der Waals surface area contributed by atoms with E-state index in [9.17, 15) is 4.79 Å². The van der Waals surface area contributed by atoms with Crippen molar-refractivity contribution >= 4 is 62.7 Å². The number of hydrogen-bond donors (Lipinski definition) is 1. The van der Waals surface area contributed by atoms with Crippen molar-refractivity contribution in [1.82, 2.24) is 9.97 Å². The molecule has 5 nitrogen and oxygen atoms in total. The van der Waals surface area contributed by atoms with E-state index in [1.807, 2.05) is 24.4 Å². The largest absolute Gasteiger partial charge is 0.363 e. The van der Waals surface area contributed by atoms with Crippen molar-refractivity contribution in [2.75, 3.05) is 24.3 Å². The van der Waals surface area contributed by atoms with Gasteiger partial charge in [0.15, 0.2) is 5.13 Å². The van der Waals surface area contributed by atoms with E-state index in [4.69, 9.17) is 23.2 Å².